The predicted molar refractivity (Wildman–Crippen MR) is 31.7 cm³/mol. The SMILES string of the molecule is O=C1[C@H](NO)O[C@H](CO)[C@H]1O. The molecule has 64 valence electrons. The molecule has 1 fully saturated rings. The van der Waals surface area contributed by atoms with Gasteiger partial charge in [0.2, 0.25) is 5.78 Å². The quantitative estimate of drug-likeness (QED) is 0.339. The second kappa shape index (κ2) is 3.24. The second-order valence-electron chi connectivity index (χ2n) is 2.21. The molecule has 4 N–H and O–H groups in total. The monoisotopic (exact) mass is 163 g/mol. The molecule has 0 spiro atoms. The van der Waals surface area contributed by atoms with Gasteiger partial charge >= 0.3 is 0 Å². The summed E-state index contributed by atoms with van der Waals surface area (Å²) in [5.74, 6) is -0.674. The number of ether oxygens (including phenoxy) is 1. The van der Waals surface area contributed by atoms with E-state index in [1.54, 1.807) is 5.48 Å². The highest BCUT2D eigenvalue weighted by Gasteiger charge is 2.41. The second-order valence-corrected chi connectivity index (χ2v) is 2.21. The minimum Gasteiger partial charge on any atom is -0.394 e. The van der Waals surface area contributed by atoms with Crippen LogP contribution in [0, 0.1) is 0 Å². The highest BCUT2D eigenvalue weighted by atomic mass is 16.6. The number of hydrogen-bond donors (Lipinski definition) is 4. The van der Waals surface area contributed by atoms with Crippen LogP contribution in [-0.2, 0) is 9.53 Å². The van der Waals surface area contributed by atoms with Gasteiger partial charge in [-0.1, -0.05) is 0 Å². The minimum atomic E-state index is -1.36. The van der Waals surface area contributed by atoms with Crippen LogP contribution in [-0.4, -0.2) is 46.2 Å². The standard InChI is InChI=1S/C5H9NO5/c7-1-2-3(8)4(9)5(6-10)11-2/h2-3,5-8,10H,1H2/t2-,3-,5-/m1/s1. The molecule has 0 aliphatic carbocycles. The third-order valence-corrected chi connectivity index (χ3v) is 1.51. The van der Waals surface area contributed by atoms with Crippen LogP contribution in [0.4, 0.5) is 0 Å². The van der Waals surface area contributed by atoms with Crippen LogP contribution in [0.5, 0.6) is 0 Å². The van der Waals surface area contributed by atoms with E-state index in [4.69, 9.17) is 15.4 Å². The number of carbonyl (C=O) groups excluding carboxylic acids is 1. The first kappa shape index (κ1) is 8.57. The summed E-state index contributed by atoms with van der Waals surface area (Å²) >= 11 is 0. The van der Waals surface area contributed by atoms with E-state index in [0.29, 0.717) is 0 Å². The van der Waals surface area contributed by atoms with Crippen molar-refractivity contribution in [2.45, 2.75) is 18.4 Å². The summed E-state index contributed by atoms with van der Waals surface area (Å²) in [5, 5.41) is 25.8. The van der Waals surface area contributed by atoms with E-state index in [1.165, 1.54) is 0 Å². The first-order valence-corrected chi connectivity index (χ1v) is 3.08. The van der Waals surface area contributed by atoms with Gasteiger partial charge < -0.3 is 20.2 Å². The molecular formula is C5H9NO5. The highest BCUT2D eigenvalue weighted by Crippen LogP contribution is 2.14. The van der Waals surface area contributed by atoms with E-state index in [-0.39, 0.29) is 0 Å². The van der Waals surface area contributed by atoms with Gasteiger partial charge in [0.25, 0.3) is 0 Å². The fourth-order valence-corrected chi connectivity index (χ4v) is 0.892. The lowest BCUT2D eigenvalue weighted by molar-refractivity contribution is -0.133. The van der Waals surface area contributed by atoms with Crippen LogP contribution in [0.2, 0.25) is 0 Å². The Kier molecular flexibility index (Phi) is 2.53. The molecule has 1 saturated heterocycles. The Morgan fingerprint density at radius 2 is 2.27 bits per heavy atom. The summed E-state index contributed by atoms with van der Waals surface area (Å²) < 4.78 is 4.67. The van der Waals surface area contributed by atoms with Crippen LogP contribution in [0.15, 0.2) is 0 Å². The molecule has 0 amide bonds. The number of carbonyl (C=O) groups is 1. The van der Waals surface area contributed by atoms with E-state index < -0.39 is 30.8 Å². The third-order valence-electron chi connectivity index (χ3n) is 1.51. The number of hydroxylamine groups is 1. The number of rotatable bonds is 2. The molecule has 0 aromatic heterocycles. The molecule has 0 aromatic carbocycles. The maximum Gasteiger partial charge on any atom is 0.209 e. The van der Waals surface area contributed by atoms with E-state index in [2.05, 4.69) is 4.74 Å². The average Bonchev–Trinajstić information content (AvgIpc) is 2.30. The maximum absolute atomic E-state index is 10.8. The van der Waals surface area contributed by atoms with E-state index in [9.17, 15) is 4.79 Å². The van der Waals surface area contributed by atoms with Crippen molar-refractivity contribution in [3.05, 3.63) is 0 Å². The fourth-order valence-electron chi connectivity index (χ4n) is 0.892. The van der Waals surface area contributed by atoms with Gasteiger partial charge in [-0.15, -0.1) is 0 Å². The molecule has 0 aromatic rings. The number of nitrogens with one attached hydrogen (secondary N) is 1. The minimum absolute atomic E-state index is 0.453. The van der Waals surface area contributed by atoms with Gasteiger partial charge in [0.15, 0.2) is 6.23 Å². The lowest BCUT2D eigenvalue weighted by Gasteiger charge is -2.07. The van der Waals surface area contributed by atoms with Crippen molar-refractivity contribution in [3.8, 4) is 0 Å². The Bertz CT molecular complexity index is 157. The first-order chi connectivity index (χ1) is 5.20. The molecule has 1 rings (SSSR count). The zero-order valence-electron chi connectivity index (χ0n) is 5.60. The van der Waals surface area contributed by atoms with Gasteiger partial charge in [0.1, 0.15) is 12.2 Å². The van der Waals surface area contributed by atoms with Gasteiger partial charge in [0, 0.05) is 0 Å². The van der Waals surface area contributed by atoms with Gasteiger partial charge in [-0.2, -0.15) is 5.48 Å². The van der Waals surface area contributed by atoms with Crippen molar-refractivity contribution in [1.29, 1.82) is 0 Å². The number of hydrogen-bond acceptors (Lipinski definition) is 6. The van der Waals surface area contributed by atoms with Gasteiger partial charge in [-0.25, -0.2) is 0 Å². The largest absolute Gasteiger partial charge is 0.394 e. The van der Waals surface area contributed by atoms with Crippen molar-refractivity contribution < 1.29 is 25.0 Å². The Hall–Kier alpha value is -0.530. The topological polar surface area (TPSA) is 99.0 Å². The highest BCUT2D eigenvalue weighted by molar-refractivity contribution is 5.89. The van der Waals surface area contributed by atoms with Crippen LogP contribution in [0.1, 0.15) is 0 Å². The first-order valence-electron chi connectivity index (χ1n) is 3.08. The third kappa shape index (κ3) is 1.39. The Morgan fingerprint density at radius 1 is 1.64 bits per heavy atom. The lowest BCUT2D eigenvalue weighted by Crippen LogP contribution is -2.34. The Labute approximate surface area is 62.4 Å². The molecule has 6 nitrogen and oxygen atoms in total. The molecule has 0 radical (unpaired) electrons. The number of Topliss-reactive ketones (excluding diaryl/α,β-unsaturated/α-hetero) is 1. The lowest BCUT2D eigenvalue weighted by atomic mass is 10.2. The number of ketones is 1. The van der Waals surface area contributed by atoms with E-state index in [1.807, 2.05) is 0 Å². The molecule has 1 aliphatic rings. The normalized spacial score (nSPS) is 38.1. The Morgan fingerprint density at radius 3 is 2.55 bits per heavy atom. The summed E-state index contributed by atoms with van der Waals surface area (Å²) in [6.07, 6.45) is -3.51. The molecule has 0 unspecified atom stereocenters. The molecule has 0 bridgehead atoms. The average molecular weight is 163 g/mol. The summed E-state index contributed by atoms with van der Waals surface area (Å²) in [5.41, 5.74) is 1.57. The smallest absolute Gasteiger partial charge is 0.209 e. The molecule has 1 aliphatic heterocycles. The zero-order chi connectivity index (χ0) is 8.43. The van der Waals surface area contributed by atoms with Gasteiger partial charge in [-0.3, -0.25) is 4.79 Å². The van der Waals surface area contributed by atoms with Crippen molar-refractivity contribution in [1.82, 2.24) is 5.48 Å². The molecule has 3 atom stereocenters. The molecule has 1 heterocycles. The predicted octanol–water partition coefficient (Wildman–Crippen LogP) is -2.39. The summed E-state index contributed by atoms with van der Waals surface area (Å²) in [4.78, 5) is 10.8. The van der Waals surface area contributed by atoms with Crippen LogP contribution < -0.4 is 5.48 Å². The zero-order valence-corrected chi connectivity index (χ0v) is 5.60. The van der Waals surface area contributed by atoms with E-state index in [0.717, 1.165) is 0 Å². The van der Waals surface area contributed by atoms with Gasteiger partial charge in [-0.05, 0) is 0 Å². The maximum atomic E-state index is 10.8. The number of aliphatic hydroxyl groups excluding tert-OH is 2. The number of aliphatic hydroxyl groups is 2. The Balaban J connectivity index is 2.61. The van der Waals surface area contributed by atoms with Crippen molar-refractivity contribution >= 4 is 5.78 Å². The summed E-state index contributed by atoms with van der Waals surface area (Å²) in [7, 11) is 0. The fraction of sp³-hybridized carbons (Fsp3) is 0.800. The van der Waals surface area contributed by atoms with Crippen LogP contribution >= 0.6 is 0 Å². The van der Waals surface area contributed by atoms with E-state index >= 15 is 0 Å². The summed E-state index contributed by atoms with van der Waals surface area (Å²) in [6.45, 7) is -0.453. The summed E-state index contributed by atoms with van der Waals surface area (Å²) in [6, 6.07) is 0. The van der Waals surface area contributed by atoms with Crippen molar-refractivity contribution in [2.75, 3.05) is 6.61 Å². The molecular weight excluding hydrogens is 154 g/mol. The van der Waals surface area contributed by atoms with Crippen LogP contribution in [0.3, 0.4) is 0 Å². The molecule has 0 saturated carbocycles. The van der Waals surface area contributed by atoms with Crippen molar-refractivity contribution in [3.63, 3.8) is 0 Å². The van der Waals surface area contributed by atoms with Gasteiger partial charge in [0.05, 0.1) is 6.61 Å². The van der Waals surface area contributed by atoms with Crippen molar-refractivity contribution in [2.24, 2.45) is 0 Å². The van der Waals surface area contributed by atoms with Crippen LogP contribution in [0.25, 0.3) is 0 Å². The molecule has 11 heavy (non-hydrogen) atoms. The molecule has 6 heteroatoms.